The molecule has 1 aliphatic rings. The number of rotatable bonds is 4. The van der Waals surface area contributed by atoms with Gasteiger partial charge in [-0.2, -0.15) is 5.10 Å². The summed E-state index contributed by atoms with van der Waals surface area (Å²) in [5.74, 6) is 0.212. The molecule has 6 nitrogen and oxygen atoms in total. The van der Waals surface area contributed by atoms with Crippen LogP contribution in [0.2, 0.25) is 0 Å². The average Bonchev–Trinajstić information content (AvgIpc) is 3.30. The van der Waals surface area contributed by atoms with Crippen molar-refractivity contribution in [2.45, 2.75) is 18.9 Å². The number of benzene rings is 1. The molecule has 6 heteroatoms. The maximum atomic E-state index is 12.2. The Morgan fingerprint density at radius 2 is 2.10 bits per heavy atom. The summed E-state index contributed by atoms with van der Waals surface area (Å²) >= 11 is 0. The molecule has 2 aromatic rings. The van der Waals surface area contributed by atoms with Gasteiger partial charge >= 0.3 is 0 Å². The Balaban J connectivity index is 1.84. The van der Waals surface area contributed by atoms with Gasteiger partial charge in [0.1, 0.15) is 0 Å². The monoisotopic (exact) mass is 272 g/mol. The van der Waals surface area contributed by atoms with Crippen molar-refractivity contribution in [1.82, 2.24) is 15.5 Å². The lowest BCUT2D eigenvalue weighted by molar-refractivity contribution is 0.0946. The van der Waals surface area contributed by atoms with Gasteiger partial charge in [0.05, 0.1) is 5.39 Å². The Morgan fingerprint density at radius 1 is 1.40 bits per heavy atom. The molecule has 1 unspecified atom stereocenters. The highest BCUT2D eigenvalue weighted by atomic mass is 16.2. The van der Waals surface area contributed by atoms with E-state index in [1.165, 1.54) is 0 Å². The Labute approximate surface area is 115 Å². The summed E-state index contributed by atoms with van der Waals surface area (Å²) in [6.45, 7) is 0.429. The van der Waals surface area contributed by atoms with Crippen molar-refractivity contribution in [2.75, 3.05) is 6.54 Å². The van der Waals surface area contributed by atoms with Gasteiger partial charge in [-0.15, -0.1) is 0 Å². The van der Waals surface area contributed by atoms with Gasteiger partial charge in [-0.05, 0) is 24.8 Å². The summed E-state index contributed by atoms with van der Waals surface area (Å²) in [4.78, 5) is 23.8. The van der Waals surface area contributed by atoms with Crippen molar-refractivity contribution >= 4 is 16.7 Å². The summed E-state index contributed by atoms with van der Waals surface area (Å²) in [7, 11) is 0. The van der Waals surface area contributed by atoms with Crippen LogP contribution in [0.4, 0.5) is 0 Å². The molecule has 1 aliphatic carbocycles. The first-order chi connectivity index (χ1) is 9.66. The smallest absolute Gasteiger partial charge is 0.272 e. The van der Waals surface area contributed by atoms with Gasteiger partial charge < -0.3 is 11.1 Å². The molecule has 0 bridgehead atoms. The van der Waals surface area contributed by atoms with E-state index in [0.717, 1.165) is 12.8 Å². The molecule has 1 aromatic carbocycles. The first-order valence-electron chi connectivity index (χ1n) is 6.68. The number of amides is 1. The molecule has 0 radical (unpaired) electrons. The lowest BCUT2D eigenvalue weighted by Gasteiger charge is -2.11. The molecule has 0 spiro atoms. The van der Waals surface area contributed by atoms with E-state index in [4.69, 9.17) is 5.73 Å². The molecule has 1 amide bonds. The number of hydrogen-bond donors (Lipinski definition) is 3. The number of nitrogens with one attached hydrogen (secondary N) is 2. The van der Waals surface area contributed by atoms with Crippen LogP contribution in [0, 0.1) is 5.92 Å². The van der Waals surface area contributed by atoms with E-state index in [0.29, 0.717) is 23.2 Å². The zero-order chi connectivity index (χ0) is 14.1. The summed E-state index contributed by atoms with van der Waals surface area (Å²) in [5.41, 5.74) is 5.88. The maximum absolute atomic E-state index is 12.2. The van der Waals surface area contributed by atoms with Gasteiger partial charge in [-0.1, -0.05) is 18.2 Å². The third-order valence-electron chi connectivity index (χ3n) is 3.64. The van der Waals surface area contributed by atoms with Crippen LogP contribution in [0.5, 0.6) is 0 Å². The predicted molar refractivity (Wildman–Crippen MR) is 75.4 cm³/mol. The van der Waals surface area contributed by atoms with Gasteiger partial charge in [0.25, 0.3) is 11.5 Å². The van der Waals surface area contributed by atoms with Crippen molar-refractivity contribution < 1.29 is 4.79 Å². The summed E-state index contributed by atoms with van der Waals surface area (Å²) < 4.78 is 0. The van der Waals surface area contributed by atoms with E-state index in [1.807, 2.05) is 0 Å². The first-order valence-corrected chi connectivity index (χ1v) is 6.68. The Morgan fingerprint density at radius 3 is 2.80 bits per heavy atom. The third-order valence-corrected chi connectivity index (χ3v) is 3.64. The SMILES string of the molecule is NC(CNC(=O)c1n[nH]c(=O)c2ccccc12)C1CC1. The Kier molecular flexibility index (Phi) is 3.23. The zero-order valence-corrected chi connectivity index (χ0v) is 10.9. The topological polar surface area (TPSA) is 101 Å². The van der Waals surface area contributed by atoms with E-state index < -0.39 is 0 Å². The van der Waals surface area contributed by atoms with Gasteiger partial charge in [0, 0.05) is 18.0 Å². The summed E-state index contributed by atoms with van der Waals surface area (Å²) in [6.07, 6.45) is 2.27. The molecular weight excluding hydrogens is 256 g/mol. The molecule has 4 N–H and O–H groups in total. The fourth-order valence-electron chi connectivity index (χ4n) is 2.27. The number of aromatic amines is 1. The molecular formula is C14H16N4O2. The molecule has 1 aromatic heterocycles. The molecule has 1 saturated carbocycles. The van der Waals surface area contributed by atoms with Crippen molar-refractivity contribution in [3.05, 3.63) is 40.3 Å². The number of aromatic nitrogens is 2. The van der Waals surface area contributed by atoms with Crippen LogP contribution in [-0.2, 0) is 0 Å². The van der Waals surface area contributed by atoms with Crippen LogP contribution < -0.4 is 16.6 Å². The van der Waals surface area contributed by atoms with Crippen molar-refractivity contribution in [3.63, 3.8) is 0 Å². The highest BCUT2D eigenvalue weighted by molar-refractivity contribution is 6.04. The lowest BCUT2D eigenvalue weighted by Crippen LogP contribution is -2.39. The van der Waals surface area contributed by atoms with E-state index in [1.54, 1.807) is 24.3 Å². The van der Waals surface area contributed by atoms with Crippen molar-refractivity contribution in [3.8, 4) is 0 Å². The number of nitrogens with zero attached hydrogens (tertiary/aromatic N) is 1. The molecule has 0 saturated heterocycles. The normalized spacial score (nSPS) is 16.1. The van der Waals surface area contributed by atoms with Crippen LogP contribution in [0.15, 0.2) is 29.1 Å². The minimum Gasteiger partial charge on any atom is -0.349 e. The Hall–Kier alpha value is -2.21. The summed E-state index contributed by atoms with van der Waals surface area (Å²) in [5, 5.41) is 9.99. The molecule has 0 aliphatic heterocycles. The minimum absolute atomic E-state index is 0.00650. The van der Waals surface area contributed by atoms with Gasteiger partial charge in [-0.25, -0.2) is 5.10 Å². The second kappa shape index (κ2) is 5.05. The van der Waals surface area contributed by atoms with E-state index in [2.05, 4.69) is 15.5 Å². The molecule has 20 heavy (non-hydrogen) atoms. The van der Waals surface area contributed by atoms with Crippen LogP contribution in [0.1, 0.15) is 23.3 Å². The third kappa shape index (κ3) is 2.42. The molecule has 3 rings (SSSR count). The van der Waals surface area contributed by atoms with E-state index in [9.17, 15) is 9.59 Å². The predicted octanol–water partition coefficient (Wildman–Crippen LogP) is 0.390. The highest BCUT2D eigenvalue weighted by Gasteiger charge is 2.28. The largest absolute Gasteiger partial charge is 0.349 e. The van der Waals surface area contributed by atoms with Crippen LogP contribution in [0.3, 0.4) is 0 Å². The lowest BCUT2D eigenvalue weighted by atomic mass is 10.1. The maximum Gasteiger partial charge on any atom is 0.272 e. The molecule has 1 atom stereocenters. The number of hydrogen-bond acceptors (Lipinski definition) is 4. The number of nitrogens with two attached hydrogens (primary N) is 1. The number of H-pyrrole nitrogens is 1. The van der Waals surface area contributed by atoms with Gasteiger partial charge in [0.15, 0.2) is 5.69 Å². The minimum atomic E-state index is -0.312. The van der Waals surface area contributed by atoms with Crippen molar-refractivity contribution in [2.24, 2.45) is 11.7 Å². The fraction of sp³-hybridized carbons (Fsp3) is 0.357. The van der Waals surface area contributed by atoms with E-state index in [-0.39, 0.29) is 23.2 Å². The molecule has 104 valence electrons. The Bertz CT molecular complexity index is 706. The van der Waals surface area contributed by atoms with Crippen LogP contribution >= 0.6 is 0 Å². The number of fused-ring (bicyclic) bond motifs is 1. The van der Waals surface area contributed by atoms with Crippen molar-refractivity contribution in [1.29, 1.82) is 0 Å². The van der Waals surface area contributed by atoms with Crippen LogP contribution in [-0.4, -0.2) is 28.7 Å². The summed E-state index contributed by atoms with van der Waals surface area (Å²) in [6, 6.07) is 6.90. The standard InChI is InChI=1S/C14H16N4O2/c15-11(8-5-6-8)7-16-14(20)12-9-3-1-2-4-10(9)13(19)18-17-12/h1-4,8,11H,5-7,15H2,(H,16,20)(H,18,19). The highest BCUT2D eigenvalue weighted by Crippen LogP contribution is 2.31. The average molecular weight is 272 g/mol. The number of carbonyl (C=O) groups is 1. The van der Waals surface area contributed by atoms with Gasteiger partial charge in [-0.3, -0.25) is 9.59 Å². The van der Waals surface area contributed by atoms with E-state index >= 15 is 0 Å². The first kappa shape index (κ1) is 12.8. The quantitative estimate of drug-likeness (QED) is 0.749. The van der Waals surface area contributed by atoms with Crippen LogP contribution in [0.25, 0.3) is 10.8 Å². The number of carbonyl (C=O) groups excluding carboxylic acids is 1. The second-order valence-corrected chi connectivity index (χ2v) is 5.16. The zero-order valence-electron chi connectivity index (χ0n) is 10.9. The van der Waals surface area contributed by atoms with Gasteiger partial charge in [0.2, 0.25) is 0 Å². The molecule has 1 heterocycles. The molecule has 1 fully saturated rings. The second-order valence-electron chi connectivity index (χ2n) is 5.16. The fourth-order valence-corrected chi connectivity index (χ4v) is 2.27.